The van der Waals surface area contributed by atoms with E-state index in [1.807, 2.05) is 44.2 Å². The zero-order valence-electron chi connectivity index (χ0n) is 20.2. The summed E-state index contributed by atoms with van der Waals surface area (Å²) >= 11 is 7.51. The van der Waals surface area contributed by atoms with Crippen molar-refractivity contribution in [1.82, 2.24) is 4.57 Å². The van der Waals surface area contributed by atoms with Gasteiger partial charge in [-0.05, 0) is 64.5 Å². The first kappa shape index (κ1) is 24.9. The number of halogens is 1. The second-order valence-electron chi connectivity index (χ2n) is 8.80. The summed E-state index contributed by atoms with van der Waals surface area (Å²) in [6, 6.07) is 14.1. The van der Waals surface area contributed by atoms with Crippen LogP contribution in [0.2, 0.25) is 5.02 Å². The topological polar surface area (TPSA) is 69.9 Å². The molecule has 8 heteroatoms. The van der Waals surface area contributed by atoms with E-state index in [1.165, 1.54) is 11.3 Å². The standard InChI is InChI=1S/C27H27ClN2O4S/c1-15(2)33-21-12-11-20(28)13-19(21)14-22-25(31)30-24(18-9-7-6-8-10-18)23(26(32)34-16(3)4)17(5)29-27(30)35-22/h6-16,24H,1-5H3. The number of carbonyl (C=O) groups excluding carboxylic acids is 1. The quantitative estimate of drug-likeness (QED) is 0.453. The van der Waals surface area contributed by atoms with E-state index in [1.54, 1.807) is 49.6 Å². The highest BCUT2D eigenvalue weighted by atomic mass is 35.5. The molecule has 0 spiro atoms. The zero-order valence-corrected chi connectivity index (χ0v) is 21.8. The van der Waals surface area contributed by atoms with Crippen LogP contribution in [0.15, 0.2) is 69.6 Å². The van der Waals surface area contributed by atoms with E-state index in [-0.39, 0.29) is 17.8 Å². The molecule has 0 amide bonds. The molecule has 0 saturated heterocycles. The van der Waals surface area contributed by atoms with Crippen LogP contribution in [0.4, 0.5) is 0 Å². The lowest BCUT2D eigenvalue weighted by atomic mass is 9.96. The third-order valence-electron chi connectivity index (χ3n) is 5.32. The van der Waals surface area contributed by atoms with Crippen LogP contribution in [-0.2, 0) is 9.53 Å². The lowest BCUT2D eigenvalue weighted by Crippen LogP contribution is -2.40. The minimum atomic E-state index is -0.647. The van der Waals surface area contributed by atoms with E-state index in [2.05, 4.69) is 4.99 Å². The first-order valence-corrected chi connectivity index (χ1v) is 12.6. The number of allylic oxidation sites excluding steroid dienone is 1. The van der Waals surface area contributed by atoms with Gasteiger partial charge >= 0.3 is 5.97 Å². The van der Waals surface area contributed by atoms with E-state index in [4.69, 9.17) is 21.1 Å². The fraction of sp³-hybridized carbons (Fsp3) is 0.296. The van der Waals surface area contributed by atoms with Gasteiger partial charge in [-0.15, -0.1) is 0 Å². The Balaban J connectivity index is 1.94. The number of thiazole rings is 1. The molecule has 0 N–H and O–H groups in total. The highest BCUT2D eigenvalue weighted by Crippen LogP contribution is 2.31. The third-order valence-corrected chi connectivity index (χ3v) is 6.54. The van der Waals surface area contributed by atoms with Gasteiger partial charge in [-0.3, -0.25) is 9.36 Å². The first-order valence-electron chi connectivity index (χ1n) is 11.4. The Hall–Kier alpha value is -3.16. The van der Waals surface area contributed by atoms with Crippen molar-refractivity contribution < 1.29 is 14.3 Å². The molecule has 0 bridgehead atoms. The average molecular weight is 511 g/mol. The molecular weight excluding hydrogens is 484 g/mol. The summed E-state index contributed by atoms with van der Waals surface area (Å²) in [6.07, 6.45) is 1.42. The average Bonchev–Trinajstić information content (AvgIpc) is 3.09. The van der Waals surface area contributed by atoms with Crippen molar-refractivity contribution in [2.75, 3.05) is 0 Å². The predicted molar refractivity (Wildman–Crippen MR) is 139 cm³/mol. The van der Waals surface area contributed by atoms with Gasteiger partial charge in [0, 0.05) is 10.6 Å². The van der Waals surface area contributed by atoms with Crippen LogP contribution >= 0.6 is 22.9 Å². The SMILES string of the molecule is CC1=C(C(=O)OC(C)C)C(c2ccccc2)n2c(sc(=Cc3cc(Cl)ccc3OC(C)C)c2=O)=N1. The minimum Gasteiger partial charge on any atom is -0.490 e. The van der Waals surface area contributed by atoms with Crippen LogP contribution in [0.1, 0.15) is 51.8 Å². The van der Waals surface area contributed by atoms with Crippen LogP contribution in [0, 0.1) is 0 Å². The largest absolute Gasteiger partial charge is 0.490 e. The van der Waals surface area contributed by atoms with Gasteiger partial charge in [0.25, 0.3) is 5.56 Å². The Labute approximate surface area is 212 Å². The van der Waals surface area contributed by atoms with Crippen molar-refractivity contribution in [3.8, 4) is 5.75 Å². The molecule has 0 radical (unpaired) electrons. The highest BCUT2D eigenvalue weighted by molar-refractivity contribution is 7.07. The van der Waals surface area contributed by atoms with Crippen LogP contribution in [0.5, 0.6) is 5.75 Å². The lowest BCUT2D eigenvalue weighted by Gasteiger charge is -2.25. The molecule has 3 aromatic rings. The fourth-order valence-electron chi connectivity index (χ4n) is 3.95. The second kappa shape index (κ2) is 10.2. The number of carbonyl (C=O) groups is 1. The van der Waals surface area contributed by atoms with Crippen molar-refractivity contribution >= 4 is 35.0 Å². The fourth-order valence-corrected chi connectivity index (χ4v) is 5.16. The molecule has 1 aromatic heterocycles. The van der Waals surface area contributed by atoms with E-state index in [0.29, 0.717) is 36.9 Å². The van der Waals surface area contributed by atoms with E-state index >= 15 is 0 Å². The molecule has 182 valence electrons. The van der Waals surface area contributed by atoms with Crippen molar-refractivity contribution in [1.29, 1.82) is 0 Å². The Morgan fingerprint density at radius 3 is 2.49 bits per heavy atom. The van der Waals surface area contributed by atoms with Gasteiger partial charge in [-0.2, -0.15) is 0 Å². The van der Waals surface area contributed by atoms with E-state index in [9.17, 15) is 9.59 Å². The molecule has 1 aliphatic heterocycles. The van der Waals surface area contributed by atoms with Crippen molar-refractivity contribution in [2.45, 2.75) is 52.9 Å². The number of fused-ring (bicyclic) bond motifs is 1. The summed E-state index contributed by atoms with van der Waals surface area (Å²) in [4.78, 5) is 32.0. The molecule has 35 heavy (non-hydrogen) atoms. The summed E-state index contributed by atoms with van der Waals surface area (Å²) in [6.45, 7) is 9.24. The Morgan fingerprint density at radius 2 is 1.83 bits per heavy atom. The first-order chi connectivity index (χ1) is 16.7. The van der Waals surface area contributed by atoms with Crippen molar-refractivity contribution in [3.63, 3.8) is 0 Å². The Morgan fingerprint density at radius 1 is 1.11 bits per heavy atom. The molecular formula is C27H27ClN2O4S. The number of esters is 1. The summed E-state index contributed by atoms with van der Waals surface area (Å²) in [5.41, 5.74) is 2.14. The van der Waals surface area contributed by atoms with Gasteiger partial charge < -0.3 is 9.47 Å². The van der Waals surface area contributed by atoms with Gasteiger partial charge in [-0.1, -0.05) is 53.3 Å². The third kappa shape index (κ3) is 5.26. The molecule has 2 aromatic carbocycles. The highest BCUT2D eigenvalue weighted by Gasteiger charge is 2.33. The van der Waals surface area contributed by atoms with Crippen molar-refractivity contribution in [2.24, 2.45) is 4.99 Å². The van der Waals surface area contributed by atoms with Gasteiger partial charge in [-0.25, -0.2) is 9.79 Å². The predicted octanol–water partition coefficient (Wildman–Crippen LogP) is 4.63. The van der Waals surface area contributed by atoms with E-state index in [0.717, 1.165) is 5.56 Å². The maximum atomic E-state index is 13.8. The normalized spacial score (nSPS) is 15.9. The Bertz CT molecular complexity index is 1470. The maximum absolute atomic E-state index is 13.8. The monoisotopic (exact) mass is 510 g/mol. The molecule has 0 saturated carbocycles. The van der Waals surface area contributed by atoms with Crippen LogP contribution < -0.4 is 19.6 Å². The molecule has 1 aliphatic rings. The van der Waals surface area contributed by atoms with Crippen LogP contribution in [0.25, 0.3) is 6.08 Å². The molecule has 0 aliphatic carbocycles. The number of hydrogen-bond acceptors (Lipinski definition) is 6. The number of benzene rings is 2. The lowest BCUT2D eigenvalue weighted by molar-refractivity contribution is -0.143. The summed E-state index contributed by atoms with van der Waals surface area (Å²) < 4.78 is 13.5. The summed E-state index contributed by atoms with van der Waals surface area (Å²) in [5.74, 6) is 0.152. The van der Waals surface area contributed by atoms with Crippen molar-refractivity contribution in [3.05, 3.63) is 95.6 Å². The summed E-state index contributed by atoms with van der Waals surface area (Å²) in [7, 11) is 0. The van der Waals surface area contributed by atoms with E-state index < -0.39 is 12.0 Å². The molecule has 6 nitrogen and oxygen atoms in total. The molecule has 2 heterocycles. The molecule has 1 atom stereocenters. The zero-order chi connectivity index (χ0) is 25.3. The number of nitrogens with zero attached hydrogens (tertiary/aromatic N) is 2. The van der Waals surface area contributed by atoms with Gasteiger partial charge in [0.2, 0.25) is 0 Å². The minimum absolute atomic E-state index is 0.0418. The summed E-state index contributed by atoms with van der Waals surface area (Å²) in [5, 5.41) is 0.539. The van der Waals surface area contributed by atoms with Crippen LogP contribution in [-0.4, -0.2) is 22.7 Å². The number of rotatable bonds is 6. The van der Waals surface area contributed by atoms with Crippen LogP contribution in [0.3, 0.4) is 0 Å². The second-order valence-corrected chi connectivity index (χ2v) is 10.2. The molecule has 1 unspecified atom stereocenters. The maximum Gasteiger partial charge on any atom is 0.338 e. The number of hydrogen-bond donors (Lipinski definition) is 0. The van der Waals surface area contributed by atoms with Gasteiger partial charge in [0.1, 0.15) is 5.75 Å². The molecule has 4 rings (SSSR count). The Kier molecular flexibility index (Phi) is 7.28. The number of aromatic nitrogens is 1. The number of ether oxygens (including phenoxy) is 2. The smallest absolute Gasteiger partial charge is 0.338 e. The van der Waals surface area contributed by atoms with Gasteiger partial charge in [0.05, 0.1) is 34.1 Å². The molecule has 0 fully saturated rings. The van der Waals surface area contributed by atoms with Gasteiger partial charge in [0.15, 0.2) is 4.80 Å².